The van der Waals surface area contributed by atoms with Gasteiger partial charge in [-0.1, -0.05) is 39.5 Å². The van der Waals surface area contributed by atoms with Crippen molar-refractivity contribution in [3.8, 4) is 0 Å². The van der Waals surface area contributed by atoms with Gasteiger partial charge in [-0.05, 0) is 43.9 Å². The molecule has 0 bridgehead atoms. The summed E-state index contributed by atoms with van der Waals surface area (Å²) in [6, 6.07) is 0. The van der Waals surface area contributed by atoms with E-state index in [2.05, 4.69) is 20.8 Å². The van der Waals surface area contributed by atoms with E-state index in [4.69, 9.17) is 4.74 Å². The predicted molar refractivity (Wildman–Crippen MR) is 68.5 cm³/mol. The van der Waals surface area contributed by atoms with Gasteiger partial charge in [0.05, 0.1) is 12.2 Å². The van der Waals surface area contributed by atoms with Crippen LogP contribution in [0.1, 0.15) is 65.7 Å². The lowest BCUT2D eigenvalue weighted by molar-refractivity contribution is -0.0928. The Morgan fingerprint density at radius 3 is 2.31 bits per heavy atom. The summed E-state index contributed by atoms with van der Waals surface area (Å²) < 4.78 is 6.32. The normalized spacial score (nSPS) is 37.1. The number of hydrogen-bond acceptors (Lipinski definition) is 1. The van der Waals surface area contributed by atoms with E-state index in [9.17, 15) is 0 Å². The molecule has 4 atom stereocenters. The van der Waals surface area contributed by atoms with Crippen molar-refractivity contribution in [3.05, 3.63) is 0 Å². The van der Waals surface area contributed by atoms with Crippen molar-refractivity contribution in [3.63, 3.8) is 0 Å². The minimum atomic E-state index is 0.436. The van der Waals surface area contributed by atoms with Gasteiger partial charge in [-0.15, -0.1) is 0 Å². The molecule has 0 heterocycles. The number of ether oxygens (including phenoxy) is 1. The fourth-order valence-corrected chi connectivity index (χ4v) is 3.48. The summed E-state index contributed by atoms with van der Waals surface area (Å²) in [7, 11) is 0. The third-order valence-electron chi connectivity index (χ3n) is 4.84. The third-order valence-corrected chi connectivity index (χ3v) is 4.84. The fourth-order valence-electron chi connectivity index (χ4n) is 3.48. The third kappa shape index (κ3) is 2.80. The van der Waals surface area contributed by atoms with Crippen LogP contribution < -0.4 is 0 Å². The summed E-state index contributed by atoms with van der Waals surface area (Å²) in [5.41, 5.74) is 0. The van der Waals surface area contributed by atoms with Crippen molar-refractivity contribution < 1.29 is 4.74 Å². The fraction of sp³-hybridized carbons (Fsp3) is 1.00. The van der Waals surface area contributed by atoms with Gasteiger partial charge < -0.3 is 4.74 Å². The van der Waals surface area contributed by atoms with Crippen molar-refractivity contribution >= 4 is 0 Å². The van der Waals surface area contributed by atoms with Gasteiger partial charge in [-0.3, -0.25) is 0 Å². The highest BCUT2D eigenvalue weighted by Gasteiger charge is 2.36. The molecule has 2 saturated carbocycles. The Kier molecular flexibility index (Phi) is 4.29. The number of rotatable bonds is 3. The molecular formula is C15H28O. The highest BCUT2D eigenvalue weighted by atomic mass is 16.5. The van der Waals surface area contributed by atoms with Gasteiger partial charge in [-0.25, -0.2) is 0 Å². The maximum Gasteiger partial charge on any atom is 0.0609 e. The largest absolute Gasteiger partial charge is 0.375 e. The first kappa shape index (κ1) is 12.4. The van der Waals surface area contributed by atoms with Crippen LogP contribution in [0.3, 0.4) is 0 Å². The lowest BCUT2D eigenvalue weighted by Gasteiger charge is -2.42. The summed E-state index contributed by atoms with van der Waals surface area (Å²) in [5.74, 6) is 2.54. The van der Waals surface area contributed by atoms with Crippen molar-refractivity contribution in [2.24, 2.45) is 17.8 Å². The zero-order valence-corrected chi connectivity index (χ0v) is 11.2. The van der Waals surface area contributed by atoms with E-state index in [1.807, 2.05) is 0 Å². The molecule has 2 fully saturated rings. The van der Waals surface area contributed by atoms with E-state index in [0.29, 0.717) is 18.1 Å². The summed E-state index contributed by atoms with van der Waals surface area (Å²) in [5, 5.41) is 0. The van der Waals surface area contributed by atoms with Crippen molar-refractivity contribution in [1.29, 1.82) is 0 Å². The molecule has 1 heteroatoms. The van der Waals surface area contributed by atoms with Crippen LogP contribution >= 0.6 is 0 Å². The summed E-state index contributed by atoms with van der Waals surface area (Å²) in [6.07, 6.45) is 11.0. The van der Waals surface area contributed by atoms with Gasteiger partial charge in [0.25, 0.3) is 0 Å². The molecule has 2 aliphatic rings. The van der Waals surface area contributed by atoms with Crippen LogP contribution in [0, 0.1) is 17.8 Å². The van der Waals surface area contributed by atoms with Gasteiger partial charge in [0.2, 0.25) is 0 Å². The molecule has 0 aromatic rings. The van der Waals surface area contributed by atoms with E-state index in [0.717, 1.165) is 11.8 Å². The Balaban J connectivity index is 1.92. The van der Waals surface area contributed by atoms with Crippen molar-refractivity contribution in [2.75, 3.05) is 0 Å². The van der Waals surface area contributed by atoms with E-state index < -0.39 is 0 Å². The highest BCUT2D eigenvalue weighted by Crippen LogP contribution is 2.42. The molecule has 2 rings (SSSR count). The Hall–Kier alpha value is -0.0400. The van der Waals surface area contributed by atoms with E-state index in [-0.39, 0.29) is 0 Å². The predicted octanol–water partition coefficient (Wildman–Crippen LogP) is 4.41. The molecule has 0 amide bonds. The molecule has 0 spiro atoms. The molecule has 0 saturated heterocycles. The minimum Gasteiger partial charge on any atom is -0.375 e. The van der Waals surface area contributed by atoms with Gasteiger partial charge in [0, 0.05) is 0 Å². The Morgan fingerprint density at radius 2 is 1.56 bits per heavy atom. The molecule has 16 heavy (non-hydrogen) atoms. The van der Waals surface area contributed by atoms with Crippen LogP contribution in [0.25, 0.3) is 0 Å². The zero-order valence-electron chi connectivity index (χ0n) is 11.2. The Labute approximate surface area is 101 Å². The molecule has 0 aromatic heterocycles. The molecular weight excluding hydrogens is 196 g/mol. The van der Waals surface area contributed by atoms with Crippen molar-refractivity contribution in [1.82, 2.24) is 0 Å². The van der Waals surface area contributed by atoms with Gasteiger partial charge in [0.15, 0.2) is 0 Å². The molecule has 0 N–H and O–H groups in total. The first-order valence-corrected chi connectivity index (χ1v) is 7.34. The first-order chi connectivity index (χ1) is 7.68. The lowest BCUT2D eigenvalue weighted by atomic mass is 9.69. The van der Waals surface area contributed by atoms with Crippen molar-refractivity contribution in [2.45, 2.75) is 77.9 Å². The van der Waals surface area contributed by atoms with Gasteiger partial charge >= 0.3 is 0 Å². The van der Waals surface area contributed by atoms with Crippen LogP contribution in [0.4, 0.5) is 0 Å². The standard InChI is InChI=1S/C15H28O/c1-11(2)12(3)16-15-10-6-8-13-7-4-5-9-14(13)15/h11-15H,4-10H2,1-3H3. The molecule has 0 aromatic carbocycles. The van der Waals surface area contributed by atoms with E-state index in [1.165, 1.54) is 44.9 Å². The smallest absolute Gasteiger partial charge is 0.0609 e. The van der Waals surface area contributed by atoms with E-state index >= 15 is 0 Å². The lowest BCUT2D eigenvalue weighted by Crippen LogP contribution is -2.39. The van der Waals surface area contributed by atoms with Crippen LogP contribution in [0.5, 0.6) is 0 Å². The minimum absolute atomic E-state index is 0.436. The average molecular weight is 224 g/mol. The molecule has 0 aliphatic heterocycles. The Bertz CT molecular complexity index is 209. The molecule has 94 valence electrons. The number of fused-ring (bicyclic) bond motifs is 1. The summed E-state index contributed by atoms with van der Waals surface area (Å²) in [6.45, 7) is 6.79. The molecule has 2 aliphatic carbocycles. The maximum absolute atomic E-state index is 6.32. The van der Waals surface area contributed by atoms with Crippen LogP contribution in [0.2, 0.25) is 0 Å². The monoisotopic (exact) mass is 224 g/mol. The first-order valence-electron chi connectivity index (χ1n) is 7.34. The summed E-state index contributed by atoms with van der Waals surface area (Å²) in [4.78, 5) is 0. The second-order valence-electron chi connectivity index (χ2n) is 6.26. The highest BCUT2D eigenvalue weighted by molar-refractivity contribution is 4.86. The molecule has 1 nitrogen and oxygen atoms in total. The quantitative estimate of drug-likeness (QED) is 0.690. The number of hydrogen-bond donors (Lipinski definition) is 0. The molecule has 4 unspecified atom stereocenters. The van der Waals surface area contributed by atoms with Crippen LogP contribution in [0.15, 0.2) is 0 Å². The second kappa shape index (κ2) is 5.53. The second-order valence-corrected chi connectivity index (χ2v) is 6.26. The van der Waals surface area contributed by atoms with Gasteiger partial charge in [0.1, 0.15) is 0 Å². The van der Waals surface area contributed by atoms with Crippen LogP contribution in [-0.2, 0) is 4.74 Å². The molecule has 0 radical (unpaired) electrons. The maximum atomic E-state index is 6.32. The zero-order chi connectivity index (χ0) is 11.5. The van der Waals surface area contributed by atoms with E-state index in [1.54, 1.807) is 0 Å². The van der Waals surface area contributed by atoms with Crippen LogP contribution in [-0.4, -0.2) is 12.2 Å². The summed E-state index contributed by atoms with van der Waals surface area (Å²) >= 11 is 0. The Morgan fingerprint density at radius 1 is 0.875 bits per heavy atom. The van der Waals surface area contributed by atoms with Gasteiger partial charge in [-0.2, -0.15) is 0 Å². The SMILES string of the molecule is CC(C)C(C)OC1CCCC2CCCCC21. The average Bonchev–Trinajstić information content (AvgIpc) is 2.29. The topological polar surface area (TPSA) is 9.23 Å².